The maximum absolute atomic E-state index is 12.4. The molecule has 3 rings (SSSR count). The zero-order valence-electron chi connectivity index (χ0n) is 11.6. The van der Waals surface area contributed by atoms with E-state index in [0.717, 1.165) is 41.9 Å². The molecule has 2 aliphatic rings. The minimum atomic E-state index is 0.165. The standard InChI is InChI=1S/C16H21BrN2O/c17-14-5-3-13(4-6-14)16(20)19-9-7-15(8-10-19)18-11-12-1-2-12/h3-6,12,15,18H,1-2,7-11H2. The number of hydrogen-bond donors (Lipinski definition) is 1. The van der Waals surface area contributed by atoms with Crippen molar-refractivity contribution < 1.29 is 4.79 Å². The van der Waals surface area contributed by atoms with Gasteiger partial charge in [0.05, 0.1) is 0 Å². The summed E-state index contributed by atoms with van der Waals surface area (Å²) in [6.07, 6.45) is 4.95. The predicted octanol–water partition coefficient (Wildman–Crippen LogP) is 3.05. The summed E-state index contributed by atoms with van der Waals surface area (Å²) in [7, 11) is 0. The molecule has 1 saturated heterocycles. The van der Waals surface area contributed by atoms with Crippen LogP contribution in [0.4, 0.5) is 0 Å². The predicted molar refractivity (Wildman–Crippen MR) is 83.8 cm³/mol. The van der Waals surface area contributed by atoms with Crippen molar-refractivity contribution in [3.05, 3.63) is 34.3 Å². The van der Waals surface area contributed by atoms with Crippen LogP contribution in [0, 0.1) is 5.92 Å². The van der Waals surface area contributed by atoms with E-state index < -0.39 is 0 Å². The molecule has 1 amide bonds. The number of carbonyl (C=O) groups is 1. The monoisotopic (exact) mass is 336 g/mol. The first-order chi connectivity index (χ1) is 9.72. The van der Waals surface area contributed by atoms with Gasteiger partial charge in [-0.2, -0.15) is 0 Å². The fraction of sp³-hybridized carbons (Fsp3) is 0.562. The van der Waals surface area contributed by atoms with Crippen molar-refractivity contribution in [1.29, 1.82) is 0 Å². The third-order valence-electron chi connectivity index (χ3n) is 4.27. The van der Waals surface area contributed by atoms with Gasteiger partial charge in [0.1, 0.15) is 0 Å². The molecule has 0 unspecified atom stereocenters. The van der Waals surface area contributed by atoms with Crippen molar-refractivity contribution in [2.75, 3.05) is 19.6 Å². The molecule has 2 fully saturated rings. The Balaban J connectivity index is 1.49. The lowest BCUT2D eigenvalue weighted by molar-refractivity contribution is 0.0705. The molecule has 1 N–H and O–H groups in total. The van der Waals surface area contributed by atoms with E-state index in [-0.39, 0.29) is 5.91 Å². The molecule has 0 atom stereocenters. The third-order valence-corrected chi connectivity index (χ3v) is 4.79. The first kappa shape index (κ1) is 14.1. The van der Waals surface area contributed by atoms with Gasteiger partial charge in [-0.3, -0.25) is 4.79 Å². The maximum atomic E-state index is 12.4. The van der Waals surface area contributed by atoms with Gasteiger partial charge < -0.3 is 10.2 Å². The molecule has 0 bridgehead atoms. The van der Waals surface area contributed by atoms with Crippen LogP contribution >= 0.6 is 15.9 Å². The summed E-state index contributed by atoms with van der Waals surface area (Å²) >= 11 is 3.40. The Bertz CT molecular complexity index is 462. The first-order valence-electron chi connectivity index (χ1n) is 7.50. The zero-order valence-corrected chi connectivity index (χ0v) is 13.2. The van der Waals surface area contributed by atoms with Crippen molar-refractivity contribution in [3.8, 4) is 0 Å². The highest BCUT2D eigenvalue weighted by Gasteiger charge is 2.26. The second-order valence-electron chi connectivity index (χ2n) is 5.92. The second-order valence-corrected chi connectivity index (χ2v) is 6.84. The largest absolute Gasteiger partial charge is 0.339 e. The van der Waals surface area contributed by atoms with Gasteiger partial charge in [0.2, 0.25) is 0 Å². The first-order valence-corrected chi connectivity index (χ1v) is 8.30. The van der Waals surface area contributed by atoms with Crippen molar-refractivity contribution in [3.63, 3.8) is 0 Å². The molecule has 1 aromatic rings. The SMILES string of the molecule is O=C(c1ccc(Br)cc1)N1CCC(NCC2CC2)CC1. The van der Waals surface area contributed by atoms with Crippen LogP contribution in [0.3, 0.4) is 0 Å². The van der Waals surface area contributed by atoms with Crippen molar-refractivity contribution >= 4 is 21.8 Å². The Morgan fingerprint density at radius 1 is 1.15 bits per heavy atom. The number of halogens is 1. The normalized spacial score (nSPS) is 20.1. The second kappa shape index (κ2) is 6.27. The molecule has 1 aliphatic heterocycles. The van der Waals surface area contributed by atoms with Crippen LogP contribution in [0.15, 0.2) is 28.7 Å². The molecule has 0 radical (unpaired) electrons. The molecule has 1 heterocycles. The molecule has 108 valence electrons. The Morgan fingerprint density at radius 2 is 1.80 bits per heavy atom. The van der Waals surface area contributed by atoms with Crippen LogP contribution in [-0.2, 0) is 0 Å². The van der Waals surface area contributed by atoms with E-state index >= 15 is 0 Å². The molecular formula is C16H21BrN2O. The van der Waals surface area contributed by atoms with Crippen LogP contribution < -0.4 is 5.32 Å². The Labute approximate surface area is 128 Å². The molecule has 1 aliphatic carbocycles. The molecule has 1 saturated carbocycles. The summed E-state index contributed by atoms with van der Waals surface area (Å²) in [4.78, 5) is 14.4. The smallest absolute Gasteiger partial charge is 0.253 e. The summed E-state index contributed by atoms with van der Waals surface area (Å²) < 4.78 is 1.01. The molecule has 20 heavy (non-hydrogen) atoms. The number of amides is 1. The van der Waals surface area contributed by atoms with Gasteiger partial charge in [-0.15, -0.1) is 0 Å². The Hall–Kier alpha value is -0.870. The van der Waals surface area contributed by atoms with Gasteiger partial charge in [-0.25, -0.2) is 0 Å². The fourth-order valence-corrected chi connectivity index (χ4v) is 2.98. The number of likely N-dealkylation sites (tertiary alicyclic amines) is 1. The Kier molecular flexibility index (Phi) is 4.41. The number of carbonyl (C=O) groups excluding carboxylic acids is 1. The molecule has 4 heteroatoms. The van der Waals surface area contributed by atoms with Gasteiger partial charge in [-0.05, 0) is 62.4 Å². The number of rotatable bonds is 4. The highest BCUT2D eigenvalue weighted by atomic mass is 79.9. The molecule has 3 nitrogen and oxygen atoms in total. The van der Waals surface area contributed by atoms with Gasteiger partial charge >= 0.3 is 0 Å². The van der Waals surface area contributed by atoms with E-state index in [1.807, 2.05) is 29.2 Å². The lowest BCUT2D eigenvalue weighted by Crippen LogP contribution is -2.45. The van der Waals surface area contributed by atoms with E-state index in [4.69, 9.17) is 0 Å². The maximum Gasteiger partial charge on any atom is 0.253 e. The fourth-order valence-electron chi connectivity index (χ4n) is 2.72. The number of piperidine rings is 1. The zero-order chi connectivity index (χ0) is 13.9. The minimum Gasteiger partial charge on any atom is -0.339 e. The van der Waals surface area contributed by atoms with Gasteiger partial charge in [0.25, 0.3) is 5.91 Å². The lowest BCUT2D eigenvalue weighted by Gasteiger charge is -2.32. The molecule has 0 aromatic heterocycles. The summed E-state index contributed by atoms with van der Waals surface area (Å²) in [5.74, 6) is 1.09. The van der Waals surface area contributed by atoms with Crippen molar-refractivity contribution in [2.45, 2.75) is 31.7 Å². The van der Waals surface area contributed by atoms with E-state index in [9.17, 15) is 4.79 Å². The third kappa shape index (κ3) is 3.61. The van der Waals surface area contributed by atoms with Crippen molar-refractivity contribution in [1.82, 2.24) is 10.2 Å². The summed E-state index contributed by atoms with van der Waals surface area (Å²) in [5, 5.41) is 3.65. The average Bonchev–Trinajstić information content (AvgIpc) is 3.30. The number of hydrogen-bond acceptors (Lipinski definition) is 2. The van der Waals surface area contributed by atoms with E-state index in [1.165, 1.54) is 19.4 Å². The van der Waals surface area contributed by atoms with E-state index in [1.54, 1.807) is 0 Å². The minimum absolute atomic E-state index is 0.165. The van der Waals surface area contributed by atoms with Gasteiger partial charge in [0.15, 0.2) is 0 Å². The van der Waals surface area contributed by atoms with Crippen LogP contribution in [0.25, 0.3) is 0 Å². The number of benzene rings is 1. The molecule has 1 aromatic carbocycles. The Morgan fingerprint density at radius 3 is 2.40 bits per heavy atom. The highest BCUT2D eigenvalue weighted by molar-refractivity contribution is 9.10. The van der Waals surface area contributed by atoms with E-state index in [0.29, 0.717) is 6.04 Å². The van der Waals surface area contributed by atoms with Gasteiger partial charge in [-0.1, -0.05) is 15.9 Å². The molecular weight excluding hydrogens is 316 g/mol. The van der Waals surface area contributed by atoms with E-state index in [2.05, 4.69) is 21.2 Å². The van der Waals surface area contributed by atoms with Gasteiger partial charge in [0, 0.05) is 29.2 Å². The molecule has 0 spiro atoms. The quantitative estimate of drug-likeness (QED) is 0.916. The lowest BCUT2D eigenvalue weighted by atomic mass is 10.0. The van der Waals surface area contributed by atoms with Crippen LogP contribution in [-0.4, -0.2) is 36.5 Å². The van der Waals surface area contributed by atoms with Crippen LogP contribution in [0.5, 0.6) is 0 Å². The topological polar surface area (TPSA) is 32.3 Å². The number of nitrogens with zero attached hydrogens (tertiary/aromatic N) is 1. The van der Waals surface area contributed by atoms with Crippen molar-refractivity contribution in [2.24, 2.45) is 5.92 Å². The highest BCUT2D eigenvalue weighted by Crippen LogP contribution is 2.28. The summed E-state index contributed by atoms with van der Waals surface area (Å²) in [6.45, 7) is 2.92. The summed E-state index contributed by atoms with van der Waals surface area (Å²) in [5.41, 5.74) is 0.789. The summed E-state index contributed by atoms with van der Waals surface area (Å²) in [6, 6.07) is 8.24. The van der Waals surface area contributed by atoms with Crippen LogP contribution in [0.1, 0.15) is 36.0 Å². The number of nitrogens with one attached hydrogen (secondary N) is 1. The van der Waals surface area contributed by atoms with Crippen LogP contribution in [0.2, 0.25) is 0 Å². The average molecular weight is 337 g/mol.